The third kappa shape index (κ3) is 3.64. The lowest BCUT2D eigenvalue weighted by Crippen LogP contribution is -2.02. The van der Waals surface area contributed by atoms with Crippen molar-refractivity contribution in [3.63, 3.8) is 0 Å². The molecule has 0 spiro atoms. The van der Waals surface area contributed by atoms with E-state index in [1.807, 2.05) is 49.5 Å². The molecule has 2 aromatic heterocycles. The molecule has 0 bridgehead atoms. The van der Waals surface area contributed by atoms with E-state index >= 15 is 0 Å². The number of thiophene rings is 1. The van der Waals surface area contributed by atoms with Gasteiger partial charge in [0.15, 0.2) is 0 Å². The number of ketones is 1. The molecule has 2 nitrogen and oxygen atoms in total. The van der Waals surface area contributed by atoms with Crippen LogP contribution >= 0.6 is 11.3 Å². The molecule has 0 amide bonds. The summed E-state index contributed by atoms with van der Waals surface area (Å²) in [5.41, 5.74) is 5.49. The Kier molecular flexibility index (Phi) is 4.78. The molecular weight excluding hydrogens is 350 g/mol. The van der Waals surface area contributed by atoms with Crippen molar-refractivity contribution < 1.29 is 4.79 Å². The van der Waals surface area contributed by atoms with E-state index < -0.39 is 0 Å². The predicted octanol–water partition coefficient (Wildman–Crippen LogP) is 6.10. The normalized spacial score (nSPS) is 12.1. The van der Waals surface area contributed by atoms with Crippen LogP contribution in [0.4, 0.5) is 0 Å². The van der Waals surface area contributed by atoms with E-state index in [4.69, 9.17) is 0 Å². The van der Waals surface area contributed by atoms with Crippen LogP contribution in [0.2, 0.25) is 0 Å². The van der Waals surface area contributed by atoms with Gasteiger partial charge in [0.05, 0.1) is 10.8 Å². The Hall–Kier alpha value is -2.91. The molecule has 0 aliphatic carbocycles. The van der Waals surface area contributed by atoms with Gasteiger partial charge < -0.3 is 4.98 Å². The number of aromatic amines is 1. The Morgan fingerprint density at radius 1 is 0.852 bits per heavy atom. The van der Waals surface area contributed by atoms with Crippen molar-refractivity contribution in [1.82, 2.24) is 4.98 Å². The molecule has 0 aliphatic heterocycles. The first kappa shape index (κ1) is 17.5. The molecule has 0 saturated heterocycles. The number of rotatable bonds is 5. The summed E-state index contributed by atoms with van der Waals surface area (Å²) in [6, 6.07) is 24.5. The van der Waals surface area contributed by atoms with E-state index in [-0.39, 0.29) is 11.7 Å². The van der Waals surface area contributed by atoms with Crippen molar-refractivity contribution in [3.05, 3.63) is 117 Å². The average Bonchev–Trinajstić information content (AvgIpc) is 3.36. The molecule has 0 aliphatic rings. The molecule has 134 valence electrons. The zero-order chi connectivity index (χ0) is 18.8. The molecule has 27 heavy (non-hydrogen) atoms. The van der Waals surface area contributed by atoms with Crippen LogP contribution in [-0.2, 0) is 0 Å². The molecule has 0 fully saturated rings. The minimum Gasteiger partial charge on any atom is -0.364 e. The minimum absolute atomic E-state index is 0.0837. The van der Waals surface area contributed by atoms with E-state index in [2.05, 4.69) is 48.3 Å². The van der Waals surface area contributed by atoms with Crippen LogP contribution < -0.4 is 0 Å². The fourth-order valence-electron chi connectivity index (χ4n) is 3.26. The number of H-pyrrole nitrogens is 1. The van der Waals surface area contributed by atoms with Crippen molar-refractivity contribution >= 4 is 17.1 Å². The quantitative estimate of drug-likeness (QED) is 0.422. The molecule has 3 heteroatoms. The zero-order valence-electron chi connectivity index (χ0n) is 15.4. The molecule has 2 aromatic carbocycles. The first-order valence-corrected chi connectivity index (χ1v) is 9.84. The summed E-state index contributed by atoms with van der Waals surface area (Å²) in [4.78, 5) is 18.1. The maximum atomic E-state index is 12.9. The second-order valence-electron chi connectivity index (χ2n) is 6.87. The molecule has 1 unspecified atom stereocenters. The summed E-state index contributed by atoms with van der Waals surface area (Å²) < 4.78 is 0. The molecule has 0 saturated carbocycles. The van der Waals surface area contributed by atoms with Gasteiger partial charge in [-0.15, -0.1) is 11.3 Å². The summed E-state index contributed by atoms with van der Waals surface area (Å²) in [5, 5.41) is 0. The monoisotopic (exact) mass is 371 g/mol. The second kappa shape index (κ2) is 7.37. The highest BCUT2D eigenvalue weighted by molar-refractivity contribution is 7.14. The highest BCUT2D eigenvalue weighted by Crippen LogP contribution is 2.36. The van der Waals surface area contributed by atoms with E-state index in [9.17, 15) is 4.79 Å². The number of carbonyl (C=O) groups excluding carboxylic acids is 1. The lowest BCUT2D eigenvalue weighted by atomic mass is 9.93. The number of nitrogens with one attached hydrogen (secondary N) is 1. The Morgan fingerprint density at radius 2 is 1.52 bits per heavy atom. The van der Waals surface area contributed by atoms with Gasteiger partial charge in [-0.1, -0.05) is 59.7 Å². The molecule has 2 heterocycles. The van der Waals surface area contributed by atoms with Gasteiger partial charge in [-0.25, -0.2) is 0 Å². The van der Waals surface area contributed by atoms with Gasteiger partial charge in [-0.05, 0) is 43.7 Å². The van der Waals surface area contributed by atoms with Gasteiger partial charge >= 0.3 is 0 Å². The lowest BCUT2D eigenvalue weighted by Gasteiger charge is -2.15. The standard InChI is InChI=1S/C24H21NOS/c1-16-5-9-18(10-6-16)23(20-4-3-15-25-20)21-13-14-22(27-21)24(26)19-11-7-17(2)8-12-19/h3-15,23,25H,1-2H3. The maximum Gasteiger partial charge on any atom is 0.202 e. The largest absolute Gasteiger partial charge is 0.364 e. The van der Waals surface area contributed by atoms with Gasteiger partial charge in [0.1, 0.15) is 0 Å². The zero-order valence-corrected chi connectivity index (χ0v) is 16.2. The number of hydrogen-bond donors (Lipinski definition) is 1. The molecule has 4 rings (SSSR count). The van der Waals surface area contributed by atoms with Crippen LogP contribution in [0.3, 0.4) is 0 Å². The Bertz CT molecular complexity index is 1040. The van der Waals surface area contributed by atoms with Crippen molar-refractivity contribution in [1.29, 1.82) is 0 Å². The fraction of sp³-hybridized carbons (Fsp3) is 0.125. The number of hydrogen-bond acceptors (Lipinski definition) is 2. The van der Waals surface area contributed by atoms with Gasteiger partial charge in [-0.3, -0.25) is 4.79 Å². The van der Waals surface area contributed by atoms with Gasteiger partial charge in [0.25, 0.3) is 0 Å². The highest BCUT2D eigenvalue weighted by atomic mass is 32.1. The molecule has 1 N–H and O–H groups in total. The summed E-state index contributed by atoms with van der Waals surface area (Å²) in [6.45, 7) is 4.12. The Labute approximate surface area is 163 Å². The first-order valence-electron chi connectivity index (χ1n) is 9.03. The van der Waals surface area contributed by atoms with E-state index in [0.29, 0.717) is 0 Å². The molecular formula is C24H21NOS. The number of aromatic nitrogens is 1. The van der Waals surface area contributed by atoms with Crippen LogP contribution in [0.5, 0.6) is 0 Å². The summed E-state index contributed by atoms with van der Waals surface area (Å²) in [5.74, 6) is 0.186. The van der Waals surface area contributed by atoms with Gasteiger partial charge in [0, 0.05) is 22.3 Å². The highest BCUT2D eigenvalue weighted by Gasteiger charge is 2.21. The van der Waals surface area contributed by atoms with Crippen LogP contribution in [0.25, 0.3) is 0 Å². The number of aryl methyl sites for hydroxylation is 2. The average molecular weight is 372 g/mol. The van der Waals surface area contributed by atoms with Gasteiger partial charge in [-0.2, -0.15) is 0 Å². The van der Waals surface area contributed by atoms with Crippen LogP contribution in [0, 0.1) is 13.8 Å². The smallest absolute Gasteiger partial charge is 0.202 e. The van der Waals surface area contributed by atoms with Crippen molar-refractivity contribution in [2.45, 2.75) is 19.8 Å². The third-order valence-electron chi connectivity index (χ3n) is 4.79. The Balaban J connectivity index is 1.71. The third-order valence-corrected chi connectivity index (χ3v) is 5.94. The molecule has 0 radical (unpaired) electrons. The van der Waals surface area contributed by atoms with Crippen LogP contribution in [0.1, 0.15) is 48.4 Å². The predicted molar refractivity (Wildman–Crippen MR) is 112 cm³/mol. The maximum absolute atomic E-state index is 12.9. The summed E-state index contributed by atoms with van der Waals surface area (Å²) in [7, 11) is 0. The topological polar surface area (TPSA) is 32.9 Å². The second-order valence-corrected chi connectivity index (χ2v) is 7.98. The number of benzene rings is 2. The van der Waals surface area contributed by atoms with Gasteiger partial charge in [0.2, 0.25) is 5.78 Å². The van der Waals surface area contributed by atoms with Crippen molar-refractivity contribution in [3.8, 4) is 0 Å². The molecule has 4 aromatic rings. The minimum atomic E-state index is 0.0837. The summed E-state index contributed by atoms with van der Waals surface area (Å²) in [6.07, 6.45) is 1.95. The van der Waals surface area contributed by atoms with Crippen molar-refractivity contribution in [2.24, 2.45) is 0 Å². The lowest BCUT2D eigenvalue weighted by molar-refractivity contribution is 0.104. The van der Waals surface area contributed by atoms with E-state index in [1.165, 1.54) is 11.1 Å². The molecule has 1 atom stereocenters. The number of carbonyl (C=O) groups is 1. The van der Waals surface area contributed by atoms with Crippen LogP contribution in [0.15, 0.2) is 79.0 Å². The van der Waals surface area contributed by atoms with E-state index in [1.54, 1.807) is 11.3 Å². The SMILES string of the molecule is Cc1ccc(C(=O)c2ccc(C(c3ccc(C)cc3)c3ccc[nH]3)s2)cc1. The van der Waals surface area contributed by atoms with Crippen LogP contribution in [-0.4, -0.2) is 10.8 Å². The van der Waals surface area contributed by atoms with Crippen molar-refractivity contribution in [2.75, 3.05) is 0 Å². The fourth-order valence-corrected chi connectivity index (χ4v) is 4.37. The Morgan fingerprint density at radius 3 is 2.15 bits per heavy atom. The first-order chi connectivity index (χ1) is 13.1. The summed E-state index contributed by atoms with van der Waals surface area (Å²) >= 11 is 1.58. The van der Waals surface area contributed by atoms with E-state index in [0.717, 1.165) is 26.6 Å².